The lowest BCUT2D eigenvalue weighted by Gasteiger charge is -2.12. The average Bonchev–Trinajstić information content (AvgIpc) is 2.26. The second-order valence-electron chi connectivity index (χ2n) is 3.89. The molecule has 0 bridgehead atoms. The van der Waals surface area contributed by atoms with Crippen LogP contribution >= 0.6 is 0 Å². The summed E-state index contributed by atoms with van der Waals surface area (Å²) in [7, 11) is 0. The molecule has 1 aromatic rings. The smallest absolute Gasteiger partial charge is 0.311 e. The number of rotatable bonds is 5. The number of nitro groups is 1. The Labute approximate surface area is 99.2 Å². The molecule has 0 fully saturated rings. The topological polar surface area (TPSA) is 98.6 Å². The molecule has 0 spiro atoms. The van der Waals surface area contributed by atoms with Gasteiger partial charge in [0.05, 0.1) is 4.92 Å². The van der Waals surface area contributed by atoms with Crippen LogP contribution in [0.4, 0.5) is 5.69 Å². The van der Waals surface area contributed by atoms with E-state index in [9.17, 15) is 15.2 Å². The fourth-order valence-electron chi connectivity index (χ4n) is 1.50. The highest BCUT2D eigenvalue weighted by molar-refractivity contribution is 5.53. The van der Waals surface area contributed by atoms with Crippen molar-refractivity contribution in [3.63, 3.8) is 0 Å². The van der Waals surface area contributed by atoms with E-state index in [0.717, 1.165) is 5.56 Å². The summed E-state index contributed by atoms with van der Waals surface area (Å²) in [6, 6.07) is 3.23. The summed E-state index contributed by atoms with van der Waals surface area (Å²) in [5.41, 5.74) is 6.60. The van der Waals surface area contributed by atoms with E-state index >= 15 is 0 Å². The zero-order valence-corrected chi connectivity index (χ0v) is 9.84. The van der Waals surface area contributed by atoms with Crippen molar-refractivity contribution in [1.29, 1.82) is 0 Å². The molecule has 6 heteroatoms. The number of aliphatic hydroxyl groups is 1. The van der Waals surface area contributed by atoms with Gasteiger partial charge in [-0.1, -0.05) is 6.07 Å². The van der Waals surface area contributed by atoms with Crippen molar-refractivity contribution in [2.45, 2.75) is 20.0 Å². The van der Waals surface area contributed by atoms with Crippen molar-refractivity contribution >= 4 is 5.69 Å². The zero-order valence-electron chi connectivity index (χ0n) is 9.84. The molecule has 1 atom stereocenters. The van der Waals surface area contributed by atoms with Crippen LogP contribution < -0.4 is 10.5 Å². The van der Waals surface area contributed by atoms with Gasteiger partial charge in [-0.25, -0.2) is 0 Å². The van der Waals surface area contributed by atoms with Crippen molar-refractivity contribution in [2.75, 3.05) is 13.2 Å². The molecule has 6 nitrogen and oxygen atoms in total. The highest BCUT2D eigenvalue weighted by Crippen LogP contribution is 2.31. The highest BCUT2D eigenvalue weighted by Gasteiger charge is 2.19. The summed E-state index contributed by atoms with van der Waals surface area (Å²) in [4.78, 5) is 10.4. The van der Waals surface area contributed by atoms with Crippen molar-refractivity contribution < 1.29 is 14.8 Å². The van der Waals surface area contributed by atoms with Gasteiger partial charge in [0.1, 0.15) is 12.7 Å². The lowest BCUT2D eigenvalue weighted by atomic mass is 10.1. The zero-order chi connectivity index (χ0) is 13.0. The first-order valence-electron chi connectivity index (χ1n) is 5.22. The molecule has 0 radical (unpaired) electrons. The lowest BCUT2D eigenvalue weighted by molar-refractivity contribution is -0.386. The fraction of sp³-hybridized carbons (Fsp3) is 0.455. The highest BCUT2D eigenvalue weighted by atomic mass is 16.6. The number of aryl methyl sites for hydroxylation is 2. The molecule has 0 saturated carbocycles. The first-order chi connectivity index (χ1) is 7.95. The Balaban J connectivity index is 3.00. The molecule has 17 heavy (non-hydrogen) atoms. The van der Waals surface area contributed by atoms with Gasteiger partial charge in [0, 0.05) is 12.6 Å². The summed E-state index contributed by atoms with van der Waals surface area (Å²) in [5, 5.41) is 20.2. The molecule has 0 aliphatic carbocycles. The van der Waals surface area contributed by atoms with Gasteiger partial charge in [-0.05, 0) is 25.0 Å². The Kier molecular flexibility index (Phi) is 4.42. The Morgan fingerprint density at radius 2 is 2.18 bits per heavy atom. The first kappa shape index (κ1) is 13.4. The van der Waals surface area contributed by atoms with Crippen LogP contribution in [-0.2, 0) is 0 Å². The lowest BCUT2D eigenvalue weighted by Crippen LogP contribution is -2.26. The standard InChI is InChI=1S/C11H16N2O4/c1-7-3-8(2)11(10(4-7)13(15)16)17-6-9(14)5-12/h3-4,9,14H,5-6,12H2,1-2H3/t9-/m1/s1. The summed E-state index contributed by atoms with van der Waals surface area (Å²) in [6.07, 6.45) is -0.824. The Hall–Kier alpha value is -1.66. The van der Waals surface area contributed by atoms with E-state index < -0.39 is 11.0 Å². The molecule has 0 aromatic heterocycles. The molecule has 0 saturated heterocycles. The van der Waals surface area contributed by atoms with Crippen LogP contribution in [0.15, 0.2) is 12.1 Å². The van der Waals surface area contributed by atoms with Crippen LogP contribution in [0.25, 0.3) is 0 Å². The van der Waals surface area contributed by atoms with E-state index in [2.05, 4.69) is 0 Å². The van der Waals surface area contributed by atoms with E-state index in [1.807, 2.05) is 0 Å². The number of hydrogen-bond acceptors (Lipinski definition) is 5. The summed E-state index contributed by atoms with van der Waals surface area (Å²) in [6.45, 7) is 3.50. The number of hydrogen-bond donors (Lipinski definition) is 2. The van der Waals surface area contributed by atoms with Crippen molar-refractivity contribution in [3.8, 4) is 5.75 Å². The normalized spacial score (nSPS) is 12.2. The van der Waals surface area contributed by atoms with Crippen LogP contribution in [0, 0.1) is 24.0 Å². The van der Waals surface area contributed by atoms with Crippen molar-refractivity contribution in [1.82, 2.24) is 0 Å². The maximum Gasteiger partial charge on any atom is 0.311 e. The maximum atomic E-state index is 10.9. The van der Waals surface area contributed by atoms with Gasteiger partial charge >= 0.3 is 5.69 Å². The van der Waals surface area contributed by atoms with Gasteiger partial charge in [-0.3, -0.25) is 10.1 Å². The molecule has 0 heterocycles. The van der Waals surface area contributed by atoms with E-state index in [-0.39, 0.29) is 24.6 Å². The third-order valence-corrected chi connectivity index (χ3v) is 2.29. The molecule has 0 aliphatic rings. The summed E-state index contributed by atoms with van der Waals surface area (Å²) < 4.78 is 5.27. The molecule has 3 N–H and O–H groups in total. The number of nitrogens with zero attached hydrogens (tertiary/aromatic N) is 1. The molecule has 0 aliphatic heterocycles. The molecular formula is C11H16N2O4. The minimum atomic E-state index is -0.824. The van der Waals surface area contributed by atoms with E-state index in [1.54, 1.807) is 19.9 Å². The SMILES string of the molecule is Cc1cc(C)c(OC[C@H](O)CN)c([N+](=O)[O-])c1. The Bertz CT molecular complexity index is 420. The molecular weight excluding hydrogens is 224 g/mol. The summed E-state index contributed by atoms with van der Waals surface area (Å²) >= 11 is 0. The van der Waals surface area contributed by atoms with Gasteiger partial charge in [0.2, 0.25) is 0 Å². The summed E-state index contributed by atoms with van der Waals surface area (Å²) in [5.74, 6) is 0.188. The molecule has 1 aromatic carbocycles. The quantitative estimate of drug-likeness (QED) is 0.588. The van der Waals surface area contributed by atoms with E-state index in [0.29, 0.717) is 5.56 Å². The molecule has 1 rings (SSSR count). The largest absolute Gasteiger partial charge is 0.484 e. The maximum absolute atomic E-state index is 10.9. The number of nitrogens with two attached hydrogens (primary N) is 1. The predicted octanol–water partition coefficient (Wildman–Crippen LogP) is 0.910. The number of ether oxygens (including phenoxy) is 1. The molecule has 0 unspecified atom stereocenters. The number of aliphatic hydroxyl groups excluding tert-OH is 1. The minimum absolute atomic E-state index is 0.0543. The number of nitro benzene ring substituents is 1. The second kappa shape index (κ2) is 5.60. The monoisotopic (exact) mass is 240 g/mol. The minimum Gasteiger partial charge on any atom is -0.484 e. The second-order valence-corrected chi connectivity index (χ2v) is 3.89. The first-order valence-corrected chi connectivity index (χ1v) is 5.22. The van der Waals surface area contributed by atoms with E-state index in [4.69, 9.17) is 10.5 Å². The van der Waals surface area contributed by atoms with Crippen LogP contribution in [0.5, 0.6) is 5.75 Å². The van der Waals surface area contributed by atoms with Crippen molar-refractivity contribution in [2.24, 2.45) is 5.73 Å². The van der Waals surface area contributed by atoms with Gasteiger partial charge < -0.3 is 15.6 Å². The van der Waals surface area contributed by atoms with E-state index in [1.165, 1.54) is 6.07 Å². The third-order valence-electron chi connectivity index (χ3n) is 2.29. The fourth-order valence-corrected chi connectivity index (χ4v) is 1.50. The Morgan fingerprint density at radius 3 is 2.71 bits per heavy atom. The van der Waals surface area contributed by atoms with Crippen LogP contribution in [0.1, 0.15) is 11.1 Å². The third kappa shape index (κ3) is 3.40. The van der Waals surface area contributed by atoms with Crippen LogP contribution in [0.3, 0.4) is 0 Å². The van der Waals surface area contributed by atoms with Crippen LogP contribution in [0.2, 0.25) is 0 Å². The Morgan fingerprint density at radius 1 is 1.53 bits per heavy atom. The van der Waals surface area contributed by atoms with Crippen LogP contribution in [-0.4, -0.2) is 29.3 Å². The van der Waals surface area contributed by atoms with Gasteiger partial charge in [0.15, 0.2) is 5.75 Å². The van der Waals surface area contributed by atoms with Gasteiger partial charge in [-0.2, -0.15) is 0 Å². The van der Waals surface area contributed by atoms with Gasteiger partial charge in [0.25, 0.3) is 0 Å². The molecule has 94 valence electrons. The predicted molar refractivity (Wildman–Crippen MR) is 63.1 cm³/mol. The van der Waals surface area contributed by atoms with Crippen molar-refractivity contribution in [3.05, 3.63) is 33.4 Å². The molecule has 0 amide bonds. The average molecular weight is 240 g/mol. The van der Waals surface area contributed by atoms with Gasteiger partial charge in [-0.15, -0.1) is 0 Å². The number of benzene rings is 1.